The fraction of sp³-hybridized carbons (Fsp3) is 0. The van der Waals surface area contributed by atoms with E-state index in [9.17, 15) is 0 Å². The van der Waals surface area contributed by atoms with Crippen molar-refractivity contribution >= 4 is 136 Å². The van der Waals surface area contributed by atoms with Gasteiger partial charge in [-0.15, -0.1) is 0 Å². The Bertz CT molecular complexity index is 5880. The number of nitrogens with zero attached hydrogens (tertiary/aromatic N) is 4. The minimum Gasteiger partial charge on any atom is -0.455 e. The molecule has 3 aliphatic heterocycles. The molecule has 5 heterocycles. The molecule has 0 amide bonds. The molecule has 0 saturated heterocycles. The number of hydrogen-bond acceptors (Lipinski definition) is 6. The molecule has 0 saturated carbocycles. The first-order chi connectivity index (χ1) is 52.3. The first-order valence-electron chi connectivity index (χ1n) is 35.2. The van der Waals surface area contributed by atoms with Crippen LogP contribution in [0.5, 0.6) is 11.5 Å². The number of benzene rings is 16. The van der Waals surface area contributed by atoms with E-state index in [1.165, 1.54) is 129 Å². The van der Waals surface area contributed by atoms with E-state index < -0.39 is 0 Å². The second kappa shape index (κ2) is 28.0. The van der Waals surface area contributed by atoms with E-state index in [2.05, 4.69) is 334 Å². The van der Waals surface area contributed by atoms with Crippen LogP contribution in [-0.2, 0) is 0 Å². The monoisotopic (exact) mass is 1450 g/mol. The van der Waals surface area contributed by atoms with Crippen molar-refractivity contribution in [1.82, 2.24) is 9.13 Å². The van der Waals surface area contributed by atoms with E-state index in [-0.39, 0.29) is 0 Å². The van der Waals surface area contributed by atoms with Gasteiger partial charge in [-0.25, -0.2) is 0 Å². The number of anilines is 6. The average molecular weight is 1450 g/mol. The first kappa shape index (κ1) is 65.0. The highest BCUT2D eigenvalue weighted by atomic mass is 35.5. The highest BCUT2D eigenvalue weighted by molar-refractivity contribution is 8.00. The Balaban J connectivity index is 0.000000135. The molecular weight excluding hydrogens is 1390 g/mol. The molecule has 0 N–H and O–H groups in total. The number of aromatic nitrogens is 2. The van der Waals surface area contributed by atoms with E-state index in [0.717, 1.165) is 55.4 Å². The summed E-state index contributed by atoms with van der Waals surface area (Å²) >= 11 is 17.7. The molecule has 10 heteroatoms. The van der Waals surface area contributed by atoms with Gasteiger partial charge in [-0.2, -0.15) is 0 Å². The van der Waals surface area contributed by atoms with Crippen LogP contribution >= 0.6 is 58.5 Å². The van der Waals surface area contributed by atoms with Crippen LogP contribution in [-0.4, -0.2) is 9.13 Å². The number of para-hydroxylation sites is 8. The predicted molar refractivity (Wildman–Crippen MR) is 448 cm³/mol. The van der Waals surface area contributed by atoms with Gasteiger partial charge in [-0.1, -0.05) is 240 Å². The fourth-order valence-electron chi connectivity index (χ4n) is 14.8. The molecule has 0 spiro atoms. The topological polar surface area (TPSA) is 25.6 Å². The van der Waals surface area contributed by atoms with Gasteiger partial charge < -0.3 is 23.7 Å². The van der Waals surface area contributed by atoms with E-state index in [4.69, 9.17) is 27.9 Å². The largest absolute Gasteiger partial charge is 0.455 e. The number of fused-ring (bicyclic) bond motifs is 12. The summed E-state index contributed by atoms with van der Waals surface area (Å²) in [4.78, 5) is 12.2. The Morgan fingerprint density at radius 2 is 0.453 bits per heavy atom. The van der Waals surface area contributed by atoms with Gasteiger partial charge in [0, 0.05) is 73.9 Å². The lowest BCUT2D eigenvalue weighted by molar-refractivity contribution is 0.454. The van der Waals surface area contributed by atoms with Crippen molar-refractivity contribution in [3.05, 3.63) is 386 Å². The van der Waals surface area contributed by atoms with Crippen LogP contribution in [0.25, 0.3) is 99.5 Å². The Hall–Kier alpha value is -11.9. The van der Waals surface area contributed by atoms with E-state index >= 15 is 0 Å². The molecule has 504 valence electrons. The van der Waals surface area contributed by atoms with Crippen LogP contribution < -0.4 is 14.5 Å². The standard InChI is InChI=1S/C54H35N3S2.C30H19Cl2N.C12H8OS/c1-2-12-40(13-3-1)55-45-32-26-38(36-22-28-41(29-23-36)56-47-14-4-8-18-51(47)58-52-19-9-5-15-48(52)56)34-43(45)44-35-39(27-33-46(44)55)37-24-30-42(31-25-37)57-49-16-6-10-20-53(49)59-54-21-11-7-17-50(54)57;31-24-12-6-20(7-13-24)22-10-16-29-27(18-22)28-19-23(21-8-14-25(32)15-9-21)11-17-30(28)33(29)26-4-2-1-3-5-26;1-3-7-11-9(5-1)13-10-6-2-4-8-12(10)14-11/h1-35H;1-19H;1-8H. The normalized spacial score (nSPS) is 12.4. The van der Waals surface area contributed by atoms with Crippen LogP contribution in [0.2, 0.25) is 10.0 Å². The highest BCUT2D eigenvalue weighted by Gasteiger charge is 2.27. The molecule has 0 aliphatic carbocycles. The van der Waals surface area contributed by atoms with E-state index in [1.807, 2.05) is 84.2 Å². The Morgan fingerprint density at radius 1 is 0.208 bits per heavy atom. The molecule has 5 nitrogen and oxygen atoms in total. The zero-order valence-corrected chi connectivity index (χ0v) is 60.9. The maximum absolute atomic E-state index is 6.12. The van der Waals surface area contributed by atoms with Gasteiger partial charge in [0.2, 0.25) is 0 Å². The minimum absolute atomic E-state index is 0.744. The third kappa shape index (κ3) is 12.2. The minimum atomic E-state index is 0.744. The van der Waals surface area contributed by atoms with Crippen molar-refractivity contribution in [2.45, 2.75) is 29.4 Å². The van der Waals surface area contributed by atoms with Crippen LogP contribution in [0.1, 0.15) is 0 Å². The van der Waals surface area contributed by atoms with Crippen LogP contribution in [0.15, 0.2) is 405 Å². The maximum Gasteiger partial charge on any atom is 0.141 e. The second-order valence-corrected chi connectivity index (χ2v) is 30.3. The molecule has 2 aromatic heterocycles. The van der Waals surface area contributed by atoms with Gasteiger partial charge in [0.1, 0.15) is 11.5 Å². The summed E-state index contributed by atoms with van der Waals surface area (Å²) in [5.41, 5.74) is 23.6. The molecule has 0 radical (unpaired) electrons. The lowest BCUT2D eigenvalue weighted by Gasteiger charge is -2.32. The number of ether oxygens (including phenoxy) is 1. The summed E-state index contributed by atoms with van der Waals surface area (Å²) in [6, 6.07) is 134. The number of rotatable bonds is 8. The Kier molecular flexibility index (Phi) is 17.1. The lowest BCUT2D eigenvalue weighted by atomic mass is 9.99. The number of hydrogen-bond donors (Lipinski definition) is 0. The zero-order valence-electron chi connectivity index (χ0n) is 57.0. The molecule has 16 aromatic carbocycles. The van der Waals surface area contributed by atoms with Crippen molar-refractivity contribution < 1.29 is 4.74 Å². The molecule has 0 unspecified atom stereocenters. The van der Waals surface area contributed by atoms with Gasteiger partial charge in [0.05, 0.1) is 54.6 Å². The summed E-state index contributed by atoms with van der Waals surface area (Å²) in [7, 11) is 0. The molecule has 0 fully saturated rings. The van der Waals surface area contributed by atoms with E-state index in [1.54, 1.807) is 11.8 Å². The van der Waals surface area contributed by atoms with Crippen molar-refractivity contribution in [2.75, 3.05) is 9.80 Å². The summed E-state index contributed by atoms with van der Waals surface area (Å²) in [5, 5.41) is 6.40. The van der Waals surface area contributed by atoms with Gasteiger partial charge in [0.15, 0.2) is 0 Å². The SMILES string of the molecule is Clc1ccc(-c2ccc3c(c2)c2cc(-c4ccc(Cl)cc4)ccc2n3-c2ccccc2)cc1.c1ccc(-n2c3ccc(-c4ccc(N5c6ccccc6Sc6ccccc65)cc4)cc3c3cc(-c4ccc(N5c6ccccc6Sc6ccccc65)cc4)ccc32)cc1.c1ccc2c(c1)Oc1ccccc1S2. The number of halogens is 2. The van der Waals surface area contributed by atoms with Crippen LogP contribution in [0.3, 0.4) is 0 Å². The fourth-order valence-corrected chi connectivity index (χ4v) is 18.1. The highest BCUT2D eigenvalue weighted by Crippen LogP contribution is 2.54. The van der Waals surface area contributed by atoms with Gasteiger partial charge in [0.25, 0.3) is 0 Å². The third-order valence-electron chi connectivity index (χ3n) is 19.8. The van der Waals surface area contributed by atoms with Crippen LogP contribution in [0, 0.1) is 0 Å². The van der Waals surface area contributed by atoms with Gasteiger partial charge in [-0.3, -0.25) is 0 Å². The quantitative estimate of drug-likeness (QED) is 0.150. The molecule has 21 rings (SSSR count). The molecule has 0 bridgehead atoms. The van der Waals surface area contributed by atoms with Gasteiger partial charge in [-0.05, 0) is 239 Å². The van der Waals surface area contributed by atoms with Gasteiger partial charge >= 0.3 is 0 Å². The predicted octanol–water partition coefficient (Wildman–Crippen LogP) is 29.4. The summed E-state index contributed by atoms with van der Waals surface area (Å²) in [6.45, 7) is 0. The summed E-state index contributed by atoms with van der Waals surface area (Å²) < 4.78 is 10.5. The molecular formula is C96H62Cl2N4OS3. The Morgan fingerprint density at radius 3 is 0.764 bits per heavy atom. The first-order valence-corrected chi connectivity index (χ1v) is 38.4. The van der Waals surface area contributed by atoms with Crippen molar-refractivity contribution in [1.29, 1.82) is 0 Å². The lowest BCUT2D eigenvalue weighted by Crippen LogP contribution is -2.14. The smallest absolute Gasteiger partial charge is 0.141 e. The molecule has 3 aliphatic rings. The van der Waals surface area contributed by atoms with E-state index in [0.29, 0.717) is 0 Å². The second-order valence-electron chi connectivity index (χ2n) is 26.2. The average Bonchev–Trinajstić information content (AvgIpc) is 1.28. The van der Waals surface area contributed by atoms with Crippen molar-refractivity contribution in [2.24, 2.45) is 0 Å². The summed E-state index contributed by atoms with van der Waals surface area (Å²) in [6.07, 6.45) is 0. The maximum atomic E-state index is 6.12. The van der Waals surface area contributed by atoms with Crippen LogP contribution in [0.4, 0.5) is 34.1 Å². The molecule has 0 atom stereocenters. The van der Waals surface area contributed by atoms with Crippen molar-refractivity contribution in [3.63, 3.8) is 0 Å². The zero-order chi connectivity index (χ0) is 70.6. The Labute approximate surface area is 637 Å². The summed E-state index contributed by atoms with van der Waals surface area (Å²) in [5.74, 6) is 1.91. The third-order valence-corrected chi connectivity index (χ3v) is 23.7. The van der Waals surface area contributed by atoms with Crippen molar-refractivity contribution in [3.8, 4) is 67.4 Å². The molecule has 106 heavy (non-hydrogen) atoms. The molecule has 18 aromatic rings.